The number of hydrogen-bond acceptors (Lipinski definition) is 7. The Bertz CT molecular complexity index is 1100. The van der Waals surface area contributed by atoms with Crippen LogP contribution in [0.3, 0.4) is 0 Å². The normalized spacial score (nSPS) is 14.6. The maximum atomic E-state index is 12.8. The lowest BCUT2D eigenvalue weighted by atomic mass is 10.0. The molecule has 4 rings (SSSR count). The number of benzene rings is 2. The SMILES string of the molecule is COc1ccccc1-c1nc(CN2C(=O)/C(=N\O)c3cc(C)cc(C)c32)no1. The second-order valence-electron chi connectivity index (χ2n) is 6.53. The highest BCUT2D eigenvalue weighted by Crippen LogP contribution is 2.35. The number of para-hydroxylation sites is 1. The molecule has 0 spiro atoms. The molecule has 2 heterocycles. The van der Waals surface area contributed by atoms with Crippen molar-refractivity contribution in [2.75, 3.05) is 12.0 Å². The summed E-state index contributed by atoms with van der Waals surface area (Å²) in [6, 6.07) is 11.1. The Labute approximate surface area is 161 Å². The molecule has 1 aliphatic heterocycles. The molecule has 0 saturated heterocycles. The van der Waals surface area contributed by atoms with E-state index in [0.717, 1.165) is 11.1 Å². The lowest BCUT2D eigenvalue weighted by molar-refractivity contribution is -0.112. The standard InChI is InChI=1S/C20H18N4O4/c1-11-8-12(2)18-14(9-11)17(22-26)20(25)24(18)10-16-21-19(28-23-16)13-6-4-5-7-15(13)27-3/h4-9,26H,10H2,1-3H3/b22-17-. The zero-order chi connectivity index (χ0) is 19.8. The number of anilines is 1. The summed E-state index contributed by atoms with van der Waals surface area (Å²) in [6.07, 6.45) is 0. The van der Waals surface area contributed by atoms with Crippen molar-refractivity contribution in [1.29, 1.82) is 0 Å². The molecule has 0 radical (unpaired) electrons. The van der Waals surface area contributed by atoms with E-state index in [1.165, 1.54) is 4.90 Å². The fourth-order valence-electron chi connectivity index (χ4n) is 3.48. The molecule has 3 aromatic rings. The summed E-state index contributed by atoms with van der Waals surface area (Å²) < 4.78 is 10.7. The first-order valence-electron chi connectivity index (χ1n) is 8.65. The number of amides is 1. The first kappa shape index (κ1) is 17.7. The van der Waals surface area contributed by atoms with Crippen molar-refractivity contribution >= 4 is 17.3 Å². The van der Waals surface area contributed by atoms with Crippen LogP contribution < -0.4 is 9.64 Å². The van der Waals surface area contributed by atoms with Gasteiger partial charge in [0.15, 0.2) is 11.5 Å². The van der Waals surface area contributed by atoms with Crippen LogP contribution in [0, 0.1) is 13.8 Å². The second kappa shape index (κ2) is 6.80. The van der Waals surface area contributed by atoms with Crippen LogP contribution in [0.2, 0.25) is 0 Å². The van der Waals surface area contributed by atoms with Gasteiger partial charge in [0.05, 0.1) is 24.9 Å². The Hall–Kier alpha value is -3.68. The predicted octanol–water partition coefficient (Wildman–Crippen LogP) is 3.09. The third-order valence-corrected chi connectivity index (χ3v) is 4.62. The molecule has 142 valence electrons. The molecule has 1 amide bonds. The third kappa shape index (κ3) is 2.79. The lowest BCUT2D eigenvalue weighted by Crippen LogP contribution is -2.30. The summed E-state index contributed by atoms with van der Waals surface area (Å²) in [5.41, 5.74) is 3.84. The van der Waals surface area contributed by atoms with Gasteiger partial charge in [-0.05, 0) is 37.6 Å². The van der Waals surface area contributed by atoms with Crippen molar-refractivity contribution in [3.63, 3.8) is 0 Å². The van der Waals surface area contributed by atoms with Gasteiger partial charge in [-0.1, -0.05) is 34.1 Å². The van der Waals surface area contributed by atoms with Crippen LogP contribution >= 0.6 is 0 Å². The van der Waals surface area contributed by atoms with Crippen molar-refractivity contribution in [2.45, 2.75) is 20.4 Å². The fraction of sp³-hybridized carbons (Fsp3) is 0.200. The minimum absolute atomic E-state index is 0.00949. The molecular formula is C20H18N4O4. The Morgan fingerprint density at radius 2 is 2.00 bits per heavy atom. The van der Waals surface area contributed by atoms with Gasteiger partial charge in [0, 0.05) is 5.56 Å². The molecular weight excluding hydrogens is 360 g/mol. The minimum atomic E-state index is -0.408. The van der Waals surface area contributed by atoms with E-state index in [4.69, 9.17) is 9.26 Å². The molecule has 28 heavy (non-hydrogen) atoms. The molecule has 0 saturated carbocycles. The molecule has 2 aromatic carbocycles. The average Bonchev–Trinajstić information content (AvgIpc) is 3.25. The molecule has 0 fully saturated rings. The quantitative estimate of drug-likeness (QED) is 0.553. The molecule has 0 bridgehead atoms. The Morgan fingerprint density at radius 3 is 2.75 bits per heavy atom. The lowest BCUT2D eigenvalue weighted by Gasteiger charge is -2.17. The van der Waals surface area contributed by atoms with Gasteiger partial charge in [-0.15, -0.1) is 0 Å². The first-order chi connectivity index (χ1) is 13.5. The smallest absolute Gasteiger partial charge is 0.281 e. The molecule has 0 unspecified atom stereocenters. The number of aryl methyl sites for hydroxylation is 2. The molecule has 1 aliphatic rings. The summed E-state index contributed by atoms with van der Waals surface area (Å²) >= 11 is 0. The molecule has 1 N–H and O–H groups in total. The number of fused-ring (bicyclic) bond motifs is 1. The van der Waals surface area contributed by atoms with Crippen LogP contribution in [0.4, 0.5) is 5.69 Å². The van der Waals surface area contributed by atoms with E-state index in [1.54, 1.807) is 13.2 Å². The van der Waals surface area contributed by atoms with Gasteiger partial charge >= 0.3 is 0 Å². The van der Waals surface area contributed by atoms with Crippen LogP contribution in [0.15, 0.2) is 46.1 Å². The zero-order valence-corrected chi connectivity index (χ0v) is 15.6. The van der Waals surface area contributed by atoms with Gasteiger partial charge in [0.2, 0.25) is 0 Å². The van der Waals surface area contributed by atoms with Crippen LogP contribution in [0.25, 0.3) is 11.5 Å². The fourth-order valence-corrected chi connectivity index (χ4v) is 3.48. The maximum Gasteiger partial charge on any atom is 0.281 e. The number of carbonyl (C=O) groups is 1. The minimum Gasteiger partial charge on any atom is -0.496 e. The molecule has 8 heteroatoms. The Balaban J connectivity index is 1.70. The number of oxime groups is 1. The summed E-state index contributed by atoms with van der Waals surface area (Å²) in [7, 11) is 1.57. The first-order valence-corrected chi connectivity index (χ1v) is 8.65. The number of methoxy groups -OCH3 is 1. The molecule has 0 atom stereocenters. The Kier molecular flexibility index (Phi) is 4.31. The molecule has 8 nitrogen and oxygen atoms in total. The van der Waals surface area contributed by atoms with Gasteiger partial charge in [-0.25, -0.2) is 0 Å². The number of carbonyl (C=O) groups excluding carboxylic acids is 1. The second-order valence-corrected chi connectivity index (χ2v) is 6.53. The summed E-state index contributed by atoms with van der Waals surface area (Å²) in [5, 5.41) is 16.5. The van der Waals surface area contributed by atoms with E-state index >= 15 is 0 Å². The number of ether oxygens (including phenoxy) is 1. The third-order valence-electron chi connectivity index (χ3n) is 4.62. The average molecular weight is 378 g/mol. The predicted molar refractivity (Wildman–Crippen MR) is 102 cm³/mol. The van der Waals surface area contributed by atoms with Gasteiger partial charge in [-0.3, -0.25) is 9.69 Å². The zero-order valence-electron chi connectivity index (χ0n) is 15.6. The van der Waals surface area contributed by atoms with Gasteiger partial charge in [0.1, 0.15) is 5.75 Å². The van der Waals surface area contributed by atoms with Gasteiger partial charge < -0.3 is 14.5 Å². The van der Waals surface area contributed by atoms with Crippen molar-refractivity contribution in [3.8, 4) is 17.2 Å². The van der Waals surface area contributed by atoms with Crippen molar-refractivity contribution in [3.05, 3.63) is 58.9 Å². The van der Waals surface area contributed by atoms with E-state index in [-0.39, 0.29) is 12.3 Å². The highest BCUT2D eigenvalue weighted by atomic mass is 16.5. The number of rotatable bonds is 4. The van der Waals surface area contributed by atoms with Crippen molar-refractivity contribution < 1.29 is 19.3 Å². The highest BCUT2D eigenvalue weighted by molar-refractivity contribution is 6.54. The van der Waals surface area contributed by atoms with E-state index in [1.807, 2.05) is 44.2 Å². The summed E-state index contributed by atoms with van der Waals surface area (Å²) in [4.78, 5) is 18.7. The maximum absolute atomic E-state index is 12.8. The van der Waals surface area contributed by atoms with Crippen LogP contribution in [0.1, 0.15) is 22.5 Å². The highest BCUT2D eigenvalue weighted by Gasteiger charge is 2.37. The van der Waals surface area contributed by atoms with E-state index < -0.39 is 5.91 Å². The molecule has 0 aliphatic carbocycles. The van der Waals surface area contributed by atoms with Crippen molar-refractivity contribution in [1.82, 2.24) is 10.1 Å². The monoisotopic (exact) mass is 378 g/mol. The van der Waals surface area contributed by atoms with E-state index in [9.17, 15) is 10.0 Å². The van der Waals surface area contributed by atoms with E-state index in [0.29, 0.717) is 34.3 Å². The van der Waals surface area contributed by atoms with Crippen LogP contribution in [-0.2, 0) is 11.3 Å². The van der Waals surface area contributed by atoms with E-state index in [2.05, 4.69) is 15.3 Å². The van der Waals surface area contributed by atoms with Crippen molar-refractivity contribution in [2.24, 2.45) is 5.16 Å². The van der Waals surface area contributed by atoms with Gasteiger partial charge in [-0.2, -0.15) is 4.98 Å². The van der Waals surface area contributed by atoms with Crippen LogP contribution in [0.5, 0.6) is 5.75 Å². The van der Waals surface area contributed by atoms with Crippen LogP contribution in [-0.4, -0.2) is 34.1 Å². The molecule has 1 aromatic heterocycles. The summed E-state index contributed by atoms with van der Waals surface area (Å²) in [6.45, 7) is 3.92. The largest absolute Gasteiger partial charge is 0.496 e. The van der Waals surface area contributed by atoms with Gasteiger partial charge in [0.25, 0.3) is 11.8 Å². The number of hydrogen-bond donors (Lipinski definition) is 1. The number of aromatic nitrogens is 2. The Morgan fingerprint density at radius 1 is 1.21 bits per heavy atom. The number of nitrogens with zero attached hydrogens (tertiary/aromatic N) is 4. The topological polar surface area (TPSA) is 101 Å². The summed E-state index contributed by atoms with van der Waals surface area (Å²) in [5.74, 6) is 0.839.